The van der Waals surface area contributed by atoms with Crippen LogP contribution in [0.4, 0.5) is 0 Å². The van der Waals surface area contributed by atoms with Crippen LogP contribution in [0.1, 0.15) is 67.2 Å². The summed E-state index contributed by atoms with van der Waals surface area (Å²) in [4.78, 5) is 0. The Morgan fingerprint density at radius 3 is 0.609 bits per heavy atom. The van der Waals surface area contributed by atoms with Crippen molar-refractivity contribution in [3.8, 4) is 0 Å². The standard InChI is InChI=1S/2C23H36O6S3/c2*1-4-7-10-13-18-30(24,25)21-16-23(32(28,29)20-15-12-9-6-3)17-22-31(26,27)19-14-11-8-5-2/h2*4-15,23H,16-22H2,1-3H3. The molecule has 64 heavy (non-hydrogen) atoms. The summed E-state index contributed by atoms with van der Waals surface area (Å²) in [5.41, 5.74) is 0. The van der Waals surface area contributed by atoms with Gasteiger partial charge in [-0.05, 0) is 67.2 Å². The summed E-state index contributed by atoms with van der Waals surface area (Å²) in [7, 11) is -21.4. The normalized spacial score (nSPS) is 15.5. The van der Waals surface area contributed by atoms with Crippen LogP contribution in [0.3, 0.4) is 0 Å². The molecule has 0 aliphatic carbocycles. The van der Waals surface area contributed by atoms with Crippen molar-refractivity contribution >= 4 is 59.0 Å². The summed E-state index contributed by atoms with van der Waals surface area (Å²) in [5.74, 6) is -2.62. The Labute approximate surface area is 388 Å². The van der Waals surface area contributed by atoms with Gasteiger partial charge in [0.15, 0.2) is 59.0 Å². The van der Waals surface area contributed by atoms with E-state index in [1.54, 1.807) is 123 Å². The zero-order chi connectivity index (χ0) is 49.0. The quantitative estimate of drug-likeness (QED) is 0.0599. The van der Waals surface area contributed by atoms with Crippen molar-refractivity contribution in [1.82, 2.24) is 0 Å². The monoisotopic (exact) mass is 1010 g/mol. The molecule has 0 aliphatic rings. The first-order valence-electron chi connectivity index (χ1n) is 20.9. The SMILES string of the molecule is CC=CC=CCS(=O)(=O)CCC(CCS(=O)(=O)CC=CC=CC)S(=O)(=O)CC=CC=CC.CC=CC=CCS(=O)(=O)CCC(CCS(=O)(=O)CC=CC=CC)S(=O)(=O)CC=CC=CC. The highest BCUT2D eigenvalue weighted by molar-refractivity contribution is 7.94. The molecule has 0 aromatic carbocycles. The van der Waals surface area contributed by atoms with Crippen molar-refractivity contribution in [2.24, 2.45) is 0 Å². The zero-order valence-electron chi connectivity index (χ0n) is 38.3. The van der Waals surface area contributed by atoms with E-state index in [4.69, 9.17) is 0 Å². The maximum Gasteiger partial charge on any atom is 0.156 e. The van der Waals surface area contributed by atoms with Crippen molar-refractivity contribution in [3.05, 3.63) is 146 Å². The molecule has 364 valence electrons. The molecule has 0 amide bonds. The first kappa shape index (κ1) is 62.7. The molecule has 0 rings (SSSR count). The lowest BCUT2D eigenvalue weighted by molar-refractivity contribution is 0.563. The van der Waals surface area contributed by atoms with Gasteiger partial charge in [-0.1, -0.05) is 146 Å². The second kappa shape index (κ2) is 34.9. The van der Waals surface area contributed by atoms with Crippen LogP contribution in [0.5, 0.6) is 0 Å². The van der Waals surface area contributed by atoms with E-state index in [0.29, 0.717) is 0 Å². The molecule has 0 bridgehead atoms. The second-order valence-electron chi connectivity index (χ2n) is 14.2. The maximum atomic E-state index is 12.8. The van der Waals surface area contributed by atoms with Crippen molar-refractivity contribution in [1.29, 1.82) is 0 Å². The lowest BCUT2D eigenvalue weighted by Gasteiger charge is -2.17. The van der Waals surface area contributed by atoms with E-state index in [2.05, 4.69) is 0 Å². The summed E-state index contributed by atoms with van der Waals surface area (Å²) >= 11 is 0. The largest absolute Gasteiger partial charge is 0.229 e. The minimum absolute atomic E-state index is 0.135. The number of hydrogen-bond donors (Lipinski definition) is 0. The minimum Gasteiger partial charge on any atom is -0.229 e. The number of rotatable bonds is 32. The van der Waals surface area contributed by atoms with E-state index in [0.717, 1.165) is 0 Å². The van der Waals surface area contributed by atoms with Gasteiger partial charge in [-0.2, -0.15) is 0 Å². The van der Waals surface area contributed by atoms with Crippen LogP contribution in [-0.4, -0.2) is 119 Å². The van der Waals surface area contributed by atoms with E-state index in [1.165, 1.54) is 36.5 Å². The third-order valence-electron chi connectivity index (χ3n) is 8.71. The van der Waals surface area contributed by atoms with Gasteiger partial charge in [0.25, 0.3) is 0 Å². The Morgan fingerprint density at radius 1 is 0.266 bits per heavy atom. The van der Waals surface area contributed by atoms with Gasteiger partial charge in [0.2, 0.25) is 0 Å². The number of sulfone groups is 6. The van der Waals surface area contributed by atoms with Crippen LogP contribution >= 0.6 is 0 Å². The molecule has 0 spiro atoms. The topological polar surface area (TPSA) is 205 Å². The number of hydrogen-bond acceptors (Lipinski definition) is 12. The van der Waals surface area contributed by atoms with E-state index >= 15 is 0 Å². The highest BCUT2D eigenvalue weighted by atomic mass is 32.2. The van der Waals surface area contributed by atoms with Gasteiger partial charge >= 0.3 is 0 Å². The van der Waals surface area contributed by atoms with Gasteiger partial charge in [-0.3, -0.25) is 0 Å². The van der Waals surface area contributed by atoms with Crippen LogP contribution in [0.25, 0.3) is 0 Å². The molecule has 12 nitrogen and oxygen atoms in total. The Bertz CT molecular complexity index is 2100. The van der Waals surface area contributed by atoms with E-state index in [9.17, 15) is 50.5 Å². The van der Waals surface area contributed by atoms with E-state index < -0.39 is 69.5 Å². The fourth-order valence-corrected chi connectivity index (χ4v) is 13.8. The van der Waals surface area contributed by atoms with Gasteiger partial charge < -0.3 is 0 Å². The minimum atomic E-state index is -3.71. The Balaban J connectivity index is 0. The molecule has 18 heteroatoms. The molecular formula is C46H72O12S6. The molecule has 0 aromatic heterocycles. The predicted molar refractivity (Wildman–Crippen MR) is 272 cm³/mol. The Kier molecular flexibility index (Phi) is 34.1. The molecule has 0 aromatic rings. The predicted octanol–water partition coefficient (Wildman–Crippen LogP) is 7.55. The summed E-state index contributed by atoms with van der Waals surface area (Å²) in [5, 5.41) is -2.11. The highest BCUT2D eigenvalue weighted by Gasteiger charge is 2.29. The van der Waals surface area contributed by atoms with E-state index in [-0.39, 0.29) is 83.2 Å². The van der Waals surface area contributed by atoms with Gasteiger partial charge in [0.05, 0.1) is 68.0 Å². The molecule has 0 saturated carbocycles. The molecule has 0 atom stereocenters. The average Bonchev–Trinajstić information content (AvgIpc) is 3.21. The van der Waals surface area contributed by atoms with Crippen molar-refractivity contribution in [3.63, 3.8) is 0 Å². The molecular weight excluding hydrogens is 937 g/mol. The molecule has 0 heterocycles. The van der Waals surface area contributed by atoms with Crippen LogP contribution in [0.15, 0.2) is 146 Å². The second-order valence-corrected chi connectivity index (χ2v) is 27.8. The lowest BCUT2D eigenvalue weighted by atomic mass is 10.3. The van der Waals surface area contributed by atoms with Crippen LogP contribution < -0.4 is 0 Å². The zero-order valence-corrected chi connectivity index (χ0v) is 43.2. The first-order chi connectivity index (χ1) is 30.0. The molecule has 0 aliphatic heterocycles. The van der Waals surface area contributed by atoms with Crippen LogP contribution in [0, 0.1) is 0 Å². The molecule has 0 unspecified atom stereocenters. The Morgan fingerprint density at radius 2 is 0.438 bits per heavy atom. The van der Waals surface area contributed by atoms with Gasteiger partial charge in [0, 0.05) is 0 Å². The third kappa shape index (κ3) is 34.9. The van der Waals surface area contributed by atoms with Gasteiger partial charge in [-0.15, -0.1) is 0 Å². The Hall–Kier alpha value is -3.42. The maximum absolute atomic E-state index is 12.8. The average molecular weight is 1010 g/mol. The lowest BCUT2D eigenvalue weighted by Crippen LogP contribution is -2.29. The van der Waals surface area contributed by atoms with Gasteiger partial charge in [0.1, 0.15) is 0 Å². The molecule has 0 N–H and O–H groups in total. The number of allylic oxidation sites excluding steroid dienone is 18. The van der Waals surface area contributed by atoms with Crippen molar-refractivity contribution in [2.45, 2.75) is 77.7 Å². The van der Waals surface area contributed by atoms with Crippen molar-refractivity contribution in [2.75, 3.05) is 57.5 Å². The van der Waals surface area contributed by atoms with E-state index in [1.807, 2.05) is 27.7 Å². The fourth-order valence-electron chi connectivity index (χ4n) is 5.18. The first-order valence-corrected chi connectivity index (χ1v) is 31.6. The molecule has 0 fully saturated rings. The summed E-state index contributed by atoms with van der Waals surface area (Å²) in [6, 6.07) is 0. The van der Waals surface area contributed by atoms with Gasteiger partial charge in [-0.25, -0.2) is 50.5 Å². The van der Waals surface area contributed by atoms with Crippen LogP contribution in [-0.2, 0) is 59.0 Å². The summed E-state index contributed by atoms with van der Waals surface area (Å²) in [6.07, 6.45) is 38.8. The third-order valence-corrected chi connectivity index (χ3v) is 19.2. The summed E-state index contributed by atoms with van der Waals surface area (Å²) < 4.78 is 150. The summed E-state index contributed by atoms with van der Waals surface area (Å²) in [6.45, 7) is 10.8. The van der Waals surface area contributed by atoms with Crippen LogP contribution in [0.2, 0.25) is 0 Å². The highest BCUT2D eigenvalue weighted by Crippen LogP contribution is 2.18. The smallest absolute Gasteiger partial charge is 0.156 e. The fraction of sp³-hybridized carbons (Fsp3) is 0.478. The molecule has 0 saturated heterocycles. The van der Waals surface area contributed by atoms with Crippen molar-refractivity contribution < 1.29 is 50.5 Å². The molecule has 0 radical (unpaired) electrons.